The van der Waals surface area contributed by atoms with E-state index in [0.717, 1.165) is 51.4 Å². The molecule has 1 aliphatic carbocycles. The molecule has 1 fully saturated rings. The van der Waals surface area contributed by atoms with Gasteiger partial charge in [-0.25, -0.2) is 4.79 Å². The van der Waals surface area contributed by atoms with E-state index in [0.29, 0.717) is 12.0 Å². The van der Waals surface area contributed by atoms with Crippen molar-refractivity contribution in [1.29, 1.82) is 0 Å². The van der Waals surface area contributed by atoms with Crippen LogP contribution in [0.4, 0.5) is 4.79 Å². The molecular formula is C19H35NO4. The van der Waals surface area contributed by atoms with Crippen molar-refractivity contribution in [3.05, 3.63) is 0 Å². The van der Waals surface area contributed by atoms with Gasteiger partial charge in [0.05, 0.1) is 13.0 Å². The van der Waals surface area contributed by atoms with Gasteiger partial charge in [0.1, 0.15) is 5.60 Å². The van der Waals surface area contributed by atoms with Crippen molar-refractivity contribution < 1.29 is 19.1 Å². The Kier molecular flexibility index (Phi) is 8.04. The molecule has 0 spiro atoms. The summed E-state index contributed by atoms with van der Waals surface area (Å²) in [5.41, 5.74) is -0.169. The molecule has 0 aromatic heterocycles. The molecule has 0 bridgehead atoms. The summed E-state index contributed by atoms with van der Waals surface area (Å²) in [5.74, 6) is -0.00295. The zero-order chi connectivity index (χ0) is 18.2. The van der Waals surface area contributed by atoms with Gasteiger partial charge in [-0.15, -0.1) is 0 Å². The van der Waals surface area contributed by atoms with Crippen LogP contribution < -0.4 is 5.32 Å². The molecule has 1 rings (SSSR count). The summed E-state index contributed by atoms with van der Waals surface area (Å²) in [6.45, 7) is 8.46. The highest BCUT2D eigenvalue weighted by molar-refractivity contribution is 5.72. The molecule has 2 atom stereocenters. The van der Waals surface area contributed by atoms with Gasteiger partial charge in [0.15, 0.2) is 0 Å². The quantitative estimate of drug-likeness (QED) is 0.441. The van der Waals surface area contributed by atoms with Gasteiger partial charge in [0.25, 0.3) is 0 Å². The Hall–Kier alpha value is -1.26. The molecule has 1 N–H and O–H groups in total. The largest absolute Gasteiger partial charge is 0.469 e. The molecule has 140 valence electrons. The molecule has 5 heteroatoms. The van der Waals surface area contributed by atoms with E-state index in [1.165, 1.54) is 7.11 Å². The number of carbonyl (C=O) groups excluding carboxylic acids is 2. The van der Waals surface area contributed by atoms with Crippen molar-refractivity contribution in [3.63, 3.8) is 0 Å². The number of alkyl carbamates (subject to hydrolysis) is 1. The van der Waals surface area contributed by atoms with Crippen molar-refractivity contribution in [3.8, 4) is 0 Å². The minimum absolute atomic E-state index is 0.0586. The SMILES string of the molecule is CCC1(CCCNC(=O)OC(C)(C)C)CCCC(C(=O)OC)CC1. The van der Waals surface area contributed by atoms with Crippen LogP contribution in [0, 0.1) is 11.3 Å². The van der Waals surface area contributed by atoms with E-state index in [2.05, 4.69) is 12.2 Å². The second-order valence-electron chi connectivity index (χ2n) is 8.04. The lowest BCUT2D eigenvalue weighted by molar-refractivity contribution is -0.145. The summed E-state index contributed by atoms with van der Waals surface area (Å²) in [6.07, 6.45) is 7.94. The topological polar surface area (TPSA) is 64.6 Å². The van der Waals surface area contributed by atoms with Crippen LogP contribution in [0.25, 0.3) is 0 Å². The molecule has 0 aromatic rings. The molecule has 1 amide bonds. The van der Waals surface area contributed by atoms with E-state index < -0.39 is 5.60 Å². The average Bonchev–Trinajstić information content (AvgIpc) is 2.72. The van der Waals surface area contributed by atoms with Gasteiger partial charge >= 0.3 is 12.1 Å². The lowest BCUT2D eigenvalue weighted by atomic mass is 9.74. The smallest absolute Gasteiger partial charge is 0.407 e. The summed E-state index contributed by atoms with van der Waals surface area (Å²) >= 11 is 0. The minimum atomic E-state index is -0.459. The number of rotatable bonds is 6. The Morgan fingerprint density at radius 2 is 1.92 bits per heavy atom. The molecule has 0 radical (unpaired) electrons. The van der Waals surface area contributed by atoms with Crippen molar-refractivity contribution >= 4 is 12.1 Å². The monoisotopic (exact) mass is 341 g/mol. The highest BCUT2D eigenvalue weighted by Gasteiger charge is 2.33. The van der Waals surface area contributed by atoms with Gasteiger partial charge in [-0.1, -0.05) is 19.8 Å². The highest BCUT2D eigenvalue weighted by atomic mass is 16.6. The number of methoxy groups -OCH3 is 1. The summed E-state index contributed by atoms with van der Waals surface area (Å²) in [6, 6.07) is 0. The summed E-state index contributed by atoms with van der Waals surface area (Å²) < 4.78 is 10.2. The van der Waals surface area contributed by atoms with Crippen molar-refractivity contribution in [2.75, 3.05) is 13.7 Å². The lowest BCUT2D eigenvalue weighted by Gasteiger charge is -2.32. The van der Waals surface area contributed by atoms with Crippen LogP contribution in [0.1, 0.15) is 79.1 Å². The molecular weight excluding hydrogens is 306 g/mol. The average molecular weight is 341 g/mol. The van der Waals surface area contributed by atoms with E-state index in [-0.39, 0.29) is 18.0 Å². The Bertz CT molecular complexity index is 416. The maximum atomic E-state index is 11.8. The van der Waals surface area contributed by atoms with Gasteiger partial charge in [-0.05, 0) is 64.7 Å². The van der Waals surface area contributed by atoms with Crippen LogP contribution in [-0.4, -0.2) is 31.3 Å². The zero-order valence-electron chi connectivity index (χ0n) is 16.1. The number of esters is 1. The Balaban J connectivity index is 2.41. The fourth-order valence-electron chi connectivity index (χ4n) is 3.62. The zero-order valence-corrected chi connectivity index (χ0v) is 16.1. The Morgan fingerprint density at radius 1 is 1.21 bits per heavy atom. The molecule has 2 unspecified atom stereocenters. The van der Waals surface area contributed by atoms with Crippen LogP contribution in [-0.2, 0) is 14.3 Å². The van der Waals surface area contributed by atoms with E-state index in [4.69, 9.17) is 9.47 Å². The number of hydrogen-bond donors (Lipinski definition) is 1. The lowest BCUT2D eigenvalue weighted by Crippen LogP contribution is -2.33. The third kappa shape index (κ3) is 7.10. The second kappa shape index (κ2) is 9.28. The summed E-state index contributed by atoms with van der Waals surface area (Å²) in [4.78, 5) is 23.5. The van der Waals surface area contributed by atoms with E-state index in [9.17, 15) is 9.59 Å². The fraction of sp³-hybridized carbons (Fsp3) is 0.895. The second-order valence-corrected chi connectivity index (χ2v) is 8.04. The Morgan fingerprint density at radius 3 is 2.50 bits per heavy atom. The number of ether oxygens (including phenoxy) is 2. The van der Waals surface area contributed by atoms with Crippen LogP contribution in [0.15, 0.2) is 0 Å². The van der Waals surface area contributed by atoms with Gasteiger partial charge in [0.2, 0.25) is 0 Å². The molecule has 24 heavy (non-hydrogen) atoms. The first-order valence-corrected chi connectivity index (χ1v) is 9.26. The third-order valence-electron chi connectivity index (χ3n) is 5.12. The molecule has 0 aliphatic heterocycles. The van der Waals surface area contributed by atoms with E-state index >= 15 is 0 Å². The van der Waals surface area contributed by atoms with Crippen LogP contribution in [0.5, 0.6) is 0 Å². The highest BCUT2D eigenvalue weighted by Crippen LogP contribution is 2.43. The predicted octanol–water partition coefficient (Wildman–Crippen LogP) is 4.44. The van der Waals surface area contributed by atoms with Crippen LogP contribution >= 0.6 is 0 Å². The van der Waals surface area contributed by atoms with Gasteiger partial charge in [-0.2, -0.15) is 0 Å². The van der Waals surface area contributed by atoms with Gasteiger partial charge in [-0.3, -0.25) is 4.79 Å². The van der Waals surface area contributed by atoms with Gasteiger partial charge < -0.3 is 14.8 Å². The maximum absolute atomic E-state index is 11.8. The number of nitrogens with one attached hydrogen (secondary N) is 1. The first kappa shape index (κ1) is 20.8. The van der Waals surface area contributed by atoms with E-state index in [1.807, 2.05) is 20.8 Å². The molecule has 0 saturated heterocycles. The predicted molar refractivity (Wildman–Crippen MR) is 94.8 cm³/mol. The minimum Gasteiger partial charge on any atom is -0.469 e. The van der Waals surface area contributed by atoms with Crippen LogP contribution in [0.3, 0.4) is 0 Å². The first-order chi connectivity index (χ1) is 11.2. The molecule has 5 nitrogen and oxygen atoms in total. The van der Waals surface area contributed by atoms with Crippen molar-refractivity contribution in [1.82, 2.24) is 5.32 Å². The molecule has 0 heterocycles. The maximum Gasteiger partial charge on any atom is 0.407 e. The molecule has 1 saturated carbocycles. The van der Waals surface area contributed by atoms with Crippen LogP contribution in [0.2, 0.25) is 0 Å². The molecule has 1 aliphatic rings. The molecule has 0 aromatic carbocycles. The fourth-order valence-corrected chi connectivity index (χ4v) is 3.62. The third-order valence-corrected chi connectivity index (χ3v) is 5.12. The van der Waals surface area contributed by atoms with Crippen molar-refractivity contribution in [2.24, 2.45) is 11.3 Å². The summed E-state index contributed by atoms with van der Waals surface area (Å²) in [7, 11) is 1.47. The Labute approximate surface area is 146 Å². The van der Waals surface area contributed by atoms with E-state index in [1.54, 1.807) is 0 Å². The van der Waals surface area contributed by atoms with Gasteiger partial charge in [0, 0.05) is 6.54 Å². The summed E-state index contributed by atoms with van der Waals surface area (Å²) in [5, 5.41) is 2.84. The first-order valence-electron chi connectivity index (χ1n) is 9.26. The van der Waals surface area contributed by atoms with Crippen molar-refractivity contribution in [2.45, 2.75) is 84.7 Å². The number of amides is 1. The normalized spacial score (nSPS) is 24.8. The standard InChI is InChI=1S/C19H35NO4/c1-6-19(11-7-9-15(10-13-19)16(21)23-5)12-8-14-20-17(22)24-18(2,3)4/h15H,6-14H2,1-5H3,(H,20,22). The number of carbonyl (C=O) groups is 2. The number of hydrogen-bond acceptors (Lipinski definition) is 4.